The number of nitrogens with zero attached hydrogens (tertiary/aromatic N) is 3. The molecule has 4 rings (SSSR count). The highest BCUT2D eigenvalue weighted by Gasteiger charge is 2.34. The number of hydrogen-bond acceptors (Lipinski definition) is 5. The van der Waals surface area contributed by atoms with Crippen molar-refractivity contribution < 1.29 is 13.2 Å². The molecule has 0 fully saturated rings. The number of fused-ring (bicyclic) bond motifs is 1. The maximum atomic E-state index is 13.6. The molecule has 0 radical (unpaired) electrons. The van der Waals surface area contributed by atoms with Crippen molar-refractivity contribution in [3.8, 4) is 11.4 Å². The lowest BCUT2D eigenvalue weighted by molar-refractivity contribution is -0.137. The number of amidine groups is 1. The SMILES string of the molecule is CC1=NCCCC(C)=C(Nc2nc(-c3ccccc3C(F)(F)F)nc3c2CCC3)N1. The third-order valence-corrected chi connectivity index (χ3v) is 5.44. The number of hydrogen-bond donors (Lipinski definition) is 2. The molecule has 2 N–H and O–H groups in total. The number of benzene rings is 1. The van der Waals surface area contributed by atoms with E-state index in [4.69, 9.17) is 0 Å². The Morgan fingerprint density at radius 1 is 1.00 bits per heavy atom. The molecule has 1 aromatic carbocycles. The van der Waals surface area contributed by atoms with E-state index >= 15 is 0 Å². The van der Waals surface area contributed by atoms with Crippen LogP contribution in [0.5, 0.6) is 0 Å². The molecule has 0 amide bonds. The van der Waals surface area contributed by atoms with E-state index in [1.165, 1.54) is 12.1 Å². The van der Waals surface area contributed by atoms with Crippen molar-refractivity contribution in [1.82, 2.24) is 15.3 Å². The smallest absolute Gasteiger partial charge is 0.331 e. The molecule has 8 heteroatoms. The fourth-order valence-corrected chi connectivity index (χ4v) is 3.88. The van der Waals surface area contributed by atoms with Crippen molar-refractivity contribution in [2.45, 2.75) is 52.1 Å². The minimum absolute atomic E-state index is 0.00294. The van der Waals surface area contributed by atoms with Crippen LogP contribution in [0.2, 0.25) is 0 Å². The molecule has 0 atom stereocenters. The van der Waals surface area contributed by atoms with E-state index < -0.39 is 11.7 Å². The summed E-state index contributed by atoms with van der Waals surface area (Å²) in [6.45, 7) is 4.70. The van der Waals surface area contributed by atoms with E-state index in [1.807, 2.05) is 13.8 Å². The molecule has 5 nitrogen and oxygen atoms in total. The van der Waals surface area contributed by atoms with Gasteiger partial charge in [-0.25, -0.2) is 9.97 Å². The Morgan fingerprint density at radius 3 is 2.60 bits per heavy atom. The Kier molecular flexibility index (Phi) is 5.49. The highest BCUT2D eigenvalue weighted by molar-refractivity contribution is 5.82. The molecule has 2 heterocycles. The molecule has 0 unspecified atom stereocenters. The molecule has 158 valence electrons. The quantitative estimate of drug-likeness (QED) is 0.733. The predicted octanol–water partition coefficient (Wildman–Crippen LogP) is 5.10. The molecule has 2 aliphatic rings. The molecular formula is C22H24F3N5. The van der Waals surface area contributed by atoms with Gasteiger partial charge in [-0.2, -0.15) is 13.2 Å². The van der Waals surface area contributed by atoms with E-state index in [-0.39, 0.29) is 11.4 Å². The average Bonchev–Trinajstić information content (AvgIpc) is 3.18. The molecule has 1 aromatic heterocycles. The number of alkyl halides is 3. The second kappa shape index (κ2) is 8.08. The van der Waals surface area contributed by atoms with Crippen molar-refractivity contribution in [2.24, 2.45) is 4.99 Å². The van der Waals surface area contributed by atoms with Crippen molar-refractivity contribution >= 4 is 11.7 Å². The van der Waals surface area contributed by atoms with Crippen LogP contribution in [0, 0.1) is 0 Å². The number of rotatable bonds is 3. The summed E-state index contributed by atoms with van der Waals surface area (Å²) in [5, 5.41) is 6.63. The van der Waals surface area contributed by atoms with Crippen LogP contribution in [0.3, 0.4) is 0 Å². The fraction of sp³-hybridized carbons (Fsp3) is 0.409. The van der Waals surface area contributed by atoms with Crippen molar-refractivity contribution in [1.29, 1.82) is 0 Å². The molecule has 0 saturated heterocycles. The van der Waals surface area contributed by atoms with Crippen LogP contribution in [0.4, 0.5) is 19.0 Å². The Labute approximate surface area is 173 Å². The Hall–Kier alpha value is -2.90. The summed E-state index contributed by atoms with van der Waals surface area (Å²) >= 11 is 0. The van der Waals surface area contributed by atoms with Crippen LogP contribution in [0.15, 0.2) is 40.7 Å². The first-order chi connectivity index (χ1) is 14.3. The Balaban J connectivity index is 1.79. The summed E-state index contributed by atoms with van der Waals surface area (Å²) in [5.41, 5.74) is 2.19. The van der Waals surface area contributed by atoms with Gasteiger partial charge in [0.15, 0.2) is 5.82 Å². The zero-order chi connectivity index (χ0) is 21.3. The first-order valence-electron chi connectivity index (χ1n) is 10.1. The summed E-state index contributed by atoms with van der Waals surface area (Å²) in [4.78, 5) is 13.5. The van der Waals surface area contributed by atoms with Crippen LogP contribution < -0.4 is 10.6 Å². The minimum Gasteiger partial charge on any atom is -0.331 e. The van der Waals surface area contributed by atoms with E-state index in [0.29, 0.717) is 5.82 Å². The first kappa shape index (κ1) is 20.4. The summed E-state index contributed by atoms with van der Waals surface area (Å²) < 4.78 is 40.7. The van der Waals surface area contributed by atoms with Crippen LogP contribution in [-0.4, -0.2) is 22.3 Å². The zero-order valence-electron chi connectivity index (χ0n) is 17.0. The second-order valence-corrected chi connectivity index (χ2v) is 7.69. The van der Waals surface area contributed by atoms with Gasteiger partial charge in [0.05, 0.1) is 11.4 Å². The maximum absolute atomic E-state index is 13.6. The van der Waals surface area contributed by atoms with Crippen molar-refractivity contribution in [2.75, 3.05) is 11.9 Å². The molecular weight excluding hydrogens is 391 g/mol. The van der Waals surface area contributed by atoms with E-state index in [1.54, 1.807) is 6.07 Å². The van der Waals surface area contributed by atoms with Crippen molar-refractivity contribution in [3.63, 3.8) is 0 Å². The van der Waals surface area contributed by atoms with E-state index in [2.05, 4.69) is 25.6 Å². The Bertz CT molecular complexity index is 1020. The number of aliphatic imine (C=N–C) groups is 1. The largest absolute Gasteiger partial charge is 0.417 e. The lowest BCUT2D eigenvalue weighted by atomic mass is 10.1. The van der Waals surface area contributed by atoms with Gasteiger partial charge in [-0.1, -0.05) is 18.2 Å². The summed E-state index contributed by atoms with van der Waals surface area (Å²) in [6, 6.07) is 5.46. The molecule has 1 aliphatic heterocycles. The normalized spacial score (nSPS) is 17.0. The fourth-order valence-electron chi connectivity index (χ4n) is 3.88. The minimum atomic E-state index is -4.47. The monoisotopic (exact) mass is 415 g/mol. The first-order valence-corrected chi connectivity index (χ1v) is 10.1. The van der Waals surface area contributed by atoms with Gasteiger partial charge in [0, 0.05) is 23.4 Å². The van der Waals surface area contributed by atoms with Crippen LogP contribution in [0.1, 0.15) is 49.9 Å². The lowest BCUT2D eigenvalue weighted by Crippen LogP contribution is -2.28. The van der Waals surface area contributed by atoms with E-state index in [0.717, 1.165) is 73.2 Å². The van der Waals surface area contributed by atoms with E-state index in [9.17, 15) is 13.2 Å². The Morgan fingerprint density at radius 2 is 1.80 bits per heavy atom. The van der Waals surface area contributed by atoms with Gasteiger partial charge in [0.25, 0.3) is 0 Å². The van der Waals surface area contributed by atoms with Crippen LogP contribution in [-0.2, 0) is 19.0 Å². The molecule has 0 saturated carbocycles. The molecule has 30 heavy (non-hydrogen) atoms. The molecule has 2 aromatic rings. The third-order valence-electron chi connectivity index (χ3n) is 5.44. The molecule has 0 spiro atoms. The zero-order valence-corrected chi connectivity index (χ0v) is 17.0. The van der Waals surface area contributed by atoms with Gasteiger partial charge in [-0.15, -0.1) is 0 Å². The van der Waals surface area contributed by atoms with Gasteiger partial charge in [-0.05, 0) is 57.6 Å². The molecule has 1 aliphatic carbocycles. The van der Waals surface area contributed by atoms with Gasteiger partial charge in [0.2, 0.25) is 0 Å². The maximum Gasteiger partial charge on any atom is 0.417 e. The predicted molar refractivity (Wildman–Crippen MR) is 111 cm³/mol. The van der Waals surface area contributed by atoms with Gasteiger partial charge >= 0.3 is 6.18 Å². The van der Waals surface area contributed by atoms with Gasteiger partial charge in [0.1, 0.15) is 11.6 Å². The summed E-state index contributed by atoms with van der Waals surface area (Å²) in [5.74, 6) is 2.25. The highest BCUT2D eigenvalue weighted by Crippen LogP contribution is 2.37. The van der Waals surface area contributed by atoms with Gasteiger partial charge in [-0.3, -0.25) is 4.99 Å². The number of anilines is 1. The number of nitrogens with one attached hydrogen (secondary N) is 2. The average molecular weight is 415 g/mol. The van der Waals surface area contributed by atoms with Crippen LogP contribution >= 0.6 is 0 Å². The highest BCUT2D eigenvalue weighted by atomic mass is 19.4. The lowest BCUT2D eigenvalue weighted by Gasteiger charge is -2.21. The number of halogens is 3. The number of aromatic nitrogens is 2. The summed E-state index contributed by atoms with van der Waals surface area (Å²) in [7, 11) is 0. The van der Waals surface area contributed by atoms with Gasteiger partial charge < -0.3 is 10.6 Å². The molecule has 0 bridgehead atoms. The van der Waals surface area contributed by atoms with Crippen molar-refractivity contribution in [3.05, 3.63) is 52.5 Å². The second-order valence-electron chi connectivity index (χ2n) is 7.69. The number of aryl methyl sites for hydroxylation is 1. The third kappa shape index (κ3) is 4.17. The standard InChI is InChI=1S/C22H24F3N5/c1-13-7-6-12-26-14(2)27-19(13)29-21-16-9-5-11-18(16)28-20(30-21)15-8-3-4-10-17(15)22(23,24)25/h3-4,8,10H,5-7,9,11-12H2,1-2H3,(H,26,27)(H,28,29,30). The van der Waals surface area contributed by atoms with Crippen LogP contribution in [0.25, 0.3) is 11.4 Å². The topological polar surface area (TPSA) is 62.2 Å². The summed E-state index contributed by atoms with van der Waals surface area (Å²) in [6.07, 6.45) is -0.196. The number of allylic oxidation sites excluding steroid dienone is 1.